The van der Waals surface area contributed by atoms with Gasteiger partial charge in [0.2, 0.25) is 5.82 Å². The van der Waals surface area contributed by atoms with Crippen LogP contribution >= 0.6 is 0 Å². The van der Waals surface area contributed by atoms with Crippen molar-refractivity contribution in [3.63, 3.8) is 0 Å². The van der Waals surface area contributed by atoms with Crippen molar-refractivity contribution < 1.29 is 14.3 Å². The summed E-state index contributed by atoms with van der Waals surface area (Å²) < 4.78 is 5.90. The first-order valence-corrected chi connectivity index (χ1v) is 10.9. The summed E-state index contributed by atoms with van der Waals surface area (Å²) in [6, 6.07) is 14.9. The number of hydrogen-bond acceptors (Lipinski definition) is 7. The first-order chi connectivity index (χ1) is 16.0. The number of hydrogen-bond donors (Lipinski definition) is 2. The quantitative estimate of drug-likeness (QED) is 0.458. The first-order valence-electron chi connectivity index (χ1n) is 10.9. The van der Waals surface area contributed by atoms with E-state index in [1.54, 1.807) is 0 Å². The van der Waals surface area contributed by atoms with E-state index < -0.39 is 11.9 Å². The van der Waals surface area contributed by atoms with Gasteiger partial charge in [0.1, 0.15) is 30.5 Å². The van der Waals surface area contributed by atoms with Crippen LogP contribution in [0.5, 0.6) is 5.75 Å². The molecule has 1 unspecified atom stereocenters. The lowest BCUT2D eigenvalue weighted by atomic mass is 10.1. The number of nitrogens with zero attached hydrogens (tertiary/aromatic N) is 4. The second kappa shape index (κ2) is 10.2. The third-order valence-corrected chi connectivity index (χ3v) is 5.49. The molecule has 9 heteroatoms. The molecule has 0 spiro atoms. The molecule has 2 aromatic carbocycles. The van der Waals surface area contributed by atoms with Gasteiger partial charge in [-0.15, -0.1) is 5.10 Å². The van der Waals surface area contributed by atoms with Crippen LogP contribution in [-0.4, -0.2) is 67.2 Å². The maximum atomic E-state index is 12.5. The number of nitrogens with one attached hydrogen (secondary N) is 2. The molecule has 3 aromatic rings. The summed E-state index contributed by atoms with van der Waals surface area (Å²) >= 11 is 0. The minimum atomic E-state index is -0.835. The average molecular weight is 449 g/mol. The summed E-state index contributed by atoms with van der Waals surface area (Å²) in [7, 11) is 3.88. The molecule has 2 N–H and O–H groups in total. The van der Waals surface area contributed by atoms with Crippen LogP contribution in [0.4, 0.5) is 11.4 Å². The van der Waals surface area contributed by atoms with Crippen molar-refractivity contribution in [1.29, 1.82) is 0 Å². The highest BCUT2D eigenvalue weighted by atomic mass is 16.5. The van der Waals surface area contributed by atoms with Crippen molar-refractivity contribution in [2.45, 2.75) is 18.9 Å². The van der Waals surface area contributed by atoms with Crippen molar-refractivity contribution in [2.24, 2.45) is 0 Å². The molecule has 172 valence electrons. The van der Waals surface area contributed by atoms with Gasteiger partial charge in [-0.25, -0.2) is 4.98 Å². The van der Waals surface area contributed by atoms with Gasteiger partial charge in [-0.1, -0.05) is 30.3 Å². The maximum Gasteiger partial charge on any atom is 0.291 e. The minimum Gasteiger partial charge on any atom is -0.489 e. The summed E-state index contributed by atoms with van der Waals surface area (Å²) in [6.45, 7) is 2.11. The number of carbonyl (C=O) groups is 2. The number of aromatic nitrogens is 3. The summed E-state index contributed by atoms with van der Waals surface area (Å²) in [5, 5.41) is 9.38. The minimum absolute atomic E-state index is 0.000433. The van der Waals surface area contributed by atoms with Crippen molar-refractivity contribution in [3.05, 3.63) is 65.7 Å². The van der Waals surface area contributed by atoms with E-state index in [0.29, 0.717) is 24.3 Å². The third-order valence-electron chi connectivity index (χ3n) is 5.49. The fraction of sp³-hybridized carbons (Fsp3) is 0.333. The fourth-order valence-electron chi connectivity index (χ4n) is 3.54. The van der Waals surface area contributed by atoms with Crippen molar-refractivity contribution in [1.82, 2.24) is 20.5 Å². The Bertz CT molecular complexity index is 1090. The Morgan fingerprint density at radius 1 is 1.24 bits per heavy atom. The number of aldehydes is 1. The van der Waals surface area contributed by atoms with E-state index in [-0.39, 0.29) is 12.4 Å². The molecule has 9 nitrogen and oxygen atoms in total. The average Bonchev–Trinajstić information content (AvgIpc) is 3.25. The van der Waals surface area contributed by atoms with E-state index in [4.69, 9.17) is 4.74 Å². The second-order valence-electron chi connectivity index (χ2n) is 8.18. The molecule has 0 aliphatic carbocycles. The summed E-state index contributed by atoms with van der Waals surface area (Å²) in [6.07, 6.45) is 2.39. The lowest BCUT2D eigenvalue weighted by molar-refractivity contribution is -0.110. The van der Waals surface area contributed by atoms with Gasteiger partial charge in [0, 0.05) is 39.3 Å². The van der Waals surface area contributed by atoms with Gasteiger partial charge in [-0.2, -0.15) is 0 Å². The summed E-state index contributed by atoms with van der Waals surface area (Å²) in [5.41, 5.74) is 3.11. The molecular formula is C24H28N6O3. The van der Waals surface area contributed by atoms with Crippen LogP contribution < -0.4 is 19.9 Å². The number of benzene rings is 2. The van der Waals surface area contributed by atoms with E-state index in [9.17, 15) is 9.59 Å². The highest BCUT2D eigenvalue weighted by molar-refractivity contribution is 5.92. The smallest absolute Gasteiger partial charge is 0.291 e. The fourth-order valence-corrected chi connectivity index (χ4v) is 3.54. The van der Waals surface area contributed by atoms with Gasteiger partial charge < -0.3 is 24.6 Å². The molecule has 1 aromatic heterocycles. The van der Waals surface area contributed by atoms with E-state index in [0.717, 1.165) is 30.0 Å². The summed E-state index contributed by atoms with van der Waals surface area (Å²) in [4.78, 5) is 32.6. The highest BCUT2D eigenvalue weighted by Crippen LogP contribution is 2.33. The Kier molecular flexibility index (Phi) is 6.87. The second-order valence-corrected chi connectivity index (χ2v) is 8.18. The summed E-state index contributed by atoms with van der Waals surface area (Å²) in [5.74, 6) is 0.671. The number of H-pyrrole nitrogens is 1. The SMILES string of the molecule is CN(C)c1cc(N2CCC2)ccc1OCC(C=O)NC(=O)c1n[nH]c(Cc2ccccc2)n1. The zero-order chi connectivity index (χ0) is 23.2. The predicted molar refractivity (Wildman–Crippen MR) is 126 cm³/mol. The molecular weight excluding hydrogens is 420 g/mol. The van der Waals surface area contributed by atoms with Crippen molar-refractivity contribution in [2.75, 3.05) is 43.6 Å². The number of ether oxygens (including phenoxy) is 1. The van der Waals surface area contributed by atoms with Crippen LogP contribution in [0.15, 0.2) is 48.5 Å². The number of carbonyl (C=O) groups excluding carboxylic acids is 2. The van der Waals surface area contributed by atoms with Crippen molar-refractivity contribution >= 4 is 23.6 Å². The molecule has 1 amide bonds. The molecule has 1 aliphatic rings. The Morgan fingerprint density at radius 2 is 2.03 bits per heavy atom. The van der Waals surface area contributed by atoms with E-state index in [1.807, 2.05) is 61.5 Å². The molecule has 2 heterocycles. The molecule has 0 saturated carbocycles. The normalized spacial score (nSPS) is 13.7. The molecule has 0 radical (unpaired) electrons. The van der Waals surface area contributed by atoms with E-state index >= 15 is 0 Å². The Hall–Kier alpha value is -3.88. The number of anilines is 2. The largest absolute Gasteiger partial charge is 0.489 e. The van der Waals surface area contributed by atoms with Crippen LogP contribution in [-0.2, 0) is 11.2 Å². The standard InChI is InChI=1S/C24H28N6O3/c1-29(2)20-14-19(30-11-6-12-30)9-10-21(20)33-16-18(15-31)25-24(32)23-26-22(27-28-23)13-17-7-4-3-5-8-17/h3-5,7-10,14-15,18H,6,11-13,16H2,1-2H3,(H,25,32)(H,26,27,28). The lowest BCUT2D eigenvalue weighted by Crippen LogP contribution is -2.40. The maximum absolute atomic E-state index is 12.5. The van der Waals surface area contributed by atoms with Gasteiger partial charge in [-0.3, -0.25) is 9.89 Å². The molecule has 1 saturated heterocycles. The number of amides is 1. The van der Waals surface area contributed by atoms with Crippen LogP contribution in [0, 0.1) is 0 Å². The van der Waals surface area contributed by atoms with Crippen LogP contribution in [0.1, 0.15) is 28.4 Å². The predicted octanol–water partition coefficient (Wildman–Crippen LogP) is 2.05. The van der Waals surface area contributed by atoms with Crippen molar-refractivity contribution in [3.8, 4) is 5.75 Å². The molecule has 1 atom stereocenters. The van der Waals surface area contributed by atoms with Gasteiger partial charge >= 0.3 is 0 Å². The zero-order valence-corrected chi connectivity index (χ0v) is 18.8. The third kappa shape index (κ3) is 5.49. The highest BCUT2D eigenvalue weighted by Gasteiger charge is 2.20. The molecule has 4 rings (SSSR count). The number of rotatable bonds is 10. The zero-order valence-electron chi connectivity index (χ0n) is 18.8. The Morgan fingerprint density at radius 3 is 2.70 bits per heavy atom. The molecule has 1 aliphatic heterocycles. The van der Waals surface area contributed by atoms with E-state index in [2.05, 4.69) is 31.5 Å². The lowest BCUT2D eigenvalue weighted by Gasteiger charge is -2.34. The van der Waals surface area contributed by atoms with Crippen LogP contribution in [0.2, 0.25) is 0 Å². The van der Waals surface area contributed by atoms with Gasteiger partial charge in [0.05, 0.1) is 5.69 Å². The van der Waals surface area contributed by atoms with Gasteiger partial charge in [0.15, 0.2) is 0 Å². The number of aromatic amines is 1. The monoisotopic (exact) mass is 448 g/mol. The topological polar surface area (TPSA) is 103 Å². The van der Waals surface area contributed by atoms with Crippen LogP contribution in [0.3, 0.4) is 0 Å². The Labute approximate surface area is 192 Å². The molecule has 33 heavy (non-hydrogen) atoms. The Balaban J connectivity index is 1.36. The molecule has 1 fully saturated rings. The van der Waals surface area contributed by atoms with Crippen LogP contribution in [0.25, 0.3) is 0 Å². The molecule has 0 bridgehead atoms. The van der Waals surface area contributed by atoms with Gasteiger partial charge in [-0.05, 0) is 30.2 Å². The first kappa shape index (κ1) is 22.3. The van der Waals surface area contributed by atoms with Gasteiger partial charge in [0.25, 0.3) is 5.91 Å². The van der Waals surface area contributed by atoms with E-state index in [1.165, 1.54) is 6.42 Å².